The maximum Gasteiger partial charge on any atom is 0.282 e. The van der Waals surface area contributed by atoms with Crippen LogP contribution in [-0.4, -0.2) is 83.8 Å². The van der Waals surface area contributed by atoms with Gasteiger partial charge < -0.3 is 14.7 Å². The van der Waals surface area contributed by atoms with Crippen LogP contribution in [0.15, 0.2) is 10.6 Å². The molecule has 1 aromatic rings. The molecule has 9 nitrogen and oxygen atoms in total. The number of carbonyl (C=O) groups excluding carboxylic acids is 1. The largest absolute Gasteiger partial charge is 0.360 e. The van der Waals surface area contributed by atoms with Crippen molar-refractivity contribution in [2.45, 2.75) is 75.5 Å². The molecule has 3 saturated heterocycles. The topological polar surface area (TPSA) is 99.0 Å². The number of carbonyl (C=O) groups is 1. The lowest BCUT2D eigenvalue weighted by Crippen LogP contribution is -2.60. The van der Waals surface area contributed by atoms with Crippen LogP contribution in [0.3, 0.4) is 0 Å². The lowest BCUT2D eigenvalue weighted by Gasteiger charge is -2.43. The molecule has 0 spiro atoms. The predicted octanol–water partition coefficient (Wildman–Crippen LogP) is 1.16. The Morgan fingerprint density at radius 3 is 2.50 bits per heavy atom. The molecular formula is C20H31N5O4S. The van der Waals surface area contributed by atoms with Crippen LogP contribution < -0.4 is 5.32 Å². The normalized spacial score (nSPS) is 33.7. The van der Waals surface area contributed by atoms with Crippen molar-refractivity contribution < 1.29 is 17.7 Å². The number of piperidine rings is 1. The van der Waals surface area contributed by atoms with Gasteiger partial charge in [0.05, 0.1) is 0 Å². The van der Waals surface area contributed by atoms with Crippen LogP contribution in [0.2, 0.25) is 0 Å². The number of likely N-dealkylation sites (N-methyl/N-ethyl adjacent to an activating group) is 1. The van der Waals surface area contributed by atoms with E-state index in [2.05, 4.69) is 22.3 Å². The Morgan fingerprint density at radius 1 is 1.17 bits per heavy atom. The minimum Gasteiger partial charge on any atom is -0.360 e. The molecule has 1 amide bonds. The Hall–Kier alpha value is -1.49. The first-order chi connectivity index (χ1) is 14.3. The van der Waals surface area contributed by atoms with E-state index in [0.29, 0.717) is 37.5 Å². The van der Waals surface area contributed by atoms with Gasteiger partial charge >= 0.3 is 0 Å². The molecular weight excluding hydrogens is 406 g/mol. The summed E-state index contributed by atoms with van der Waals surface area (Å²) in [6.45, 7) is 3.89. The van der Waals surface area contributed by atoms with Gasteiger partial charge in [0.1, 0.15) is 5.76 Å². The number of nitrogens with one attached hydrogen (secondary N) is 1. The van der Waals surface area contributed by atoms with E-state index in [9.17, 15) is 13.2 Å². The fraction of sp³-hybridized carbons (Fsp3) is 0.800. The molecule has 2 bridgehead atoms. The predicted molar refractivity (Wildman–Crippen MR) is 110 cm³/mol. The van der Waals surface area contributed by atoms with E-state index < -0.39 is 10.2 Å². The van der Waals surface area contributed by atoms with Gasteiger partial charge in [0.25, 0.3) is 16.1 Å². The zero-order chi connectivity index (χ0) is 21.0. The molecule has 1 N–H and O–H groups in total. The van der Waals surface area contributed by atoms with E-state index in [1.165, 1.54) is 0 Å². The number of nitrogens with zero attached hydrogens (tertiary/aromatic N) is 4. The zero-order valence-corrected chi connectivity index (χ0v) is 18.5. The highest BCUT2D eigenvalue weighted by Crippen LogP contribution is 2.41. The second kappa shape index (κ2) is 7.58. The molecule has 5 rings (SSSR count). The van der Waals surface area contributed by atoms with Crippen LogP contribution in [0.1, 0.15) is 67.6 Å². The van der Waals surface area contributed by atoms with Gasteiger partial charge in [-0.3, -0.25) is 4.79 Å². The van der Waals surface area contributed by atoms with Gasteiger partial charge in [0, 0.05) is 55.8 Å². The van der Waals surface area contributed by atoms with Crippen molar-refractivity contribution in [1.29, 1.82) is 0 Å². The average Bonchev–Trinajstić information content (AvgIpc) is 3.36. The molecule has 4 aliphatic rings. The number of rotatable bonds is 5. The molecule has 4 atom stereocenters. The van der Waals surface area contributed by atoms with Crippen LogP contribution in [0.25, 0.3) is 0 Å². The third kappa shape index (κ3) is 3.68. The molecule has 3 aliphatic heterocycles. The van der Waals surface area contributed by atoms with Crippen LogP contribution in [0.5, 0.6) is 0 Å². The molecule has 0 radical (unpaired) electrons. The van der Waals surface area contributed by atoms with Crippen LogP contribution >= 0.6 is 0 Å². The van der Waals surface area contributed by atoms with E-state index in [1.807, 2.05) is 7.05 Å². The summed E-state index contributed by atoms with van der Waals surface area (Å²) >= 11 is 0. The van der Waals surface area contributed by atoms with E-state index in [1.54, 1.807) is 14.7 Å². The minimum atomic E-state index is -3.48. The summed E-state index contributed by atoms with van der Waals surface area (Å²) in [5.74, 6) is 0.988. The highest BCUT2D eigenvalue weighted by Gasteiger charge is 2.49. The van der Waals surface area contributed by atoms with Gasteiger partial charge in [0.15, 0.2) is 5.69 Å². The van der Waals surface area contributed by atoms with Crippen molar-refractivity contribution in [1.82, 2.24) is 24.0 Å². The summed E-state index contributed by atoms with van der Waals surface area (Å²) < 4.78 is 35.5. The van der Waals surface area contributed by atoms with Gasteiger partial charge in [-0.15, -0.1) is 0 Å². The van der Waals surface area contributed by atoms with E-state index in [-0.39, 0.29) is 30.1 Å². The monoisotopic (exact) mass is 437 g/mol. The lowest BCUT2D eigenvalue weighted by molar-refractivity contribution is 0.0894. The second-order valence-corrected chi connectivity index (χ2v) is 11.3. The number of piperazine rings is 1. The van der Waals surface area contributed by atoms with Gasteiger partial charge in [-0.25, -0.2) is 0 Å². The molecule has 30 heavy (non-hydrogen) atoms. The minimum absolute atomic E-state index is 0.0334. The second-order valence-electron chi connectivity index (χ2n) is 9.44. The Bertz CT molecular complexity index is 900. The first-order valence-electron chi connectivity index (χ1n) is 11.1. The first-order valence-corrected chi connectivity index (χ1v) is 12.5. The Balaban J connectivity index is 1.23. The number of hydrogen-bond donors (Lipinski definition) is 1. The summed E-state index contributed by atoms with van der Waals surface area (Å²) in [4.78, 5) is 14.8. The van der Waals surface area contributed by atoms with Crippen LogP contribution in [-0.2, 0) is 10.2 Å². The maximum absolute atomic E-state index is 13.4. The van der Waals surface area contributed by atoms with Crippen molar-refractivity contribution in [3.05, 3.63) is 17.5 Å². The number of fused-ring (bicyclic) bond motifs is 2. The number of amides is 1. The van der Waals surface area contributed by atoms with Crippen molar-refractivity contribution in [3.63, 3.8) is 0 Å². The molecule has 1 aromatic heterocycles. The molecule has 1 saturated carbocycles. The molecule has 0 aromatic carbocycles. The van der Waals surface area contributed by atoms with E-state index >= 15 is 0 Å². The molecule has 166 valence electrons. The van der Waals surface area contributed by atoms with Crippen LogP contribution in [0, 0.1) is 0 Å². The maximum atomic E-state index is 13.4. The zero-order valence-electron chi connectivity index (χ0n) is 17.7. The number of aromatic nitrogens is 1. The summed E-state index contributed by atoms with van der Waals surface area (Å²) in [5.41, 5.74) is 0.325. The Morgan fingerprint density at radius 2 is 1.87 bits per heavy atom. The molecule has 4 heterocycles. The number of hydrogen-bond acceptors (Lipinski definition) is 6. The van der Waals surface area contributed by atoms with Crippen molar-refractivity contribution in [2.24, 2.45) is 0 Å². The molecule has 1 aliphatic carbocycles. The highest BCUT2D eigenvalue weighted by atomic mass is 32.2. The van der Waals surface area contributed by atoms with Gasteiger partial charge in [-0.2, -0.15) is 17.0 Å². The van der Waals surface area contributed by atoms with Gasteiger partial charge in [-0.1, -0.05) is 5.16 Å². The SMILES string of the molecule is CC1CN(S(=O)(=O)N2[C@@H]3CC[C@H]2CC(NC(=O)c2cc(C4CC4)on2)C3)CCN1C. The fourth-order valence-electron chi connectivity index (χ4n) is 5.20. The third-order valence-corrected chi connectivity index (χ3v) is 9.37. The fourth-order valence-corrected chi connectivity index (χ4v) is 7.32. The van der Waals surface area contributed by atoms with Crippen molar-refractivity contribution >= 4 is 16.1 Å². The molecule has 2 unspecified atom stereocenters. The molecule has 10 heteroatoms. The van der Waals surface area contributed by atoms with E-state index in [0.717, 1.165) is 38.0 Å². The quantitative estimate of drug-likeness (QED) is 0.742. The third-order valence-electron chi connectivity index (χ3n) is 7.26. The summed E-state index contributed by atoms with van der Waals surface area (Å²) in [6.07, 6.45) is 5.21. The van der Waals surface area contributed by atoms with Crippen LogP contribution in [0.4, 0.5) is 0 Å². The smallest absolute Gasteiger partial charge is 0.282 e. The Kier molecular flexibility index (Phi) is 5.16. The highest BCUT2D eigenvalue weighted by molar-refractivity contribution is 7.86. The van der Waals surface area contributed by atoms with Crippen molar-refractivity contribution in [2.75, 3.05) is 26.7 Å². The van der Waals surface area contributed by atoms with E-state index in [4.69, 9.17) is 4.52 Å². The average molecular weight is 438 g/mol. The summed E-state index contributed by atoms with van der Waals surface area (Å²) in [7, 11) is -1.44. The lowest BCUT2D eigenvalue weighted by atomic mass is 9.99. The standard InChI is InChI=1S/C20H31N5O4S/c1-13-12-24(8-7-23(13)2)30(27,28)25-16-5-6-17(25)10-15(9-16)21-20(26)18-11-19(29-22-18)14-3-4-14/h11,13-17H,3-10,12H2,1-2H3,(H,21,26)/t13?,15?,16-,17+. The molecule has 4 fully saturated rings. The van der Waals surface area contributed by atoms with Gasteiger partial charge in [-0.05, 0) is 52.5 Å². The van der Waals surface area contributed by atoms with Crippen molar-refractivity contribution in [3.8, 4) is 0 Å². The summed E-state index contributed by atoms with van der Waals surface area (Å²) in [5, 5.41) is 6.99. The summed E-state index contributed by atoms with van der Waals surface area (Å²) in [6, 6.07) is 1.83. The Labute approximate surface area is 177 Å². The van der Waals surface area contributed by atoms with Gasteiger partial charge in [0.2, 0.25) is 0 Å². The first kappa shape index (κ1) is 20.4.